The smallest absolute Gasteiger partial charge is 0.233 e. The molecule has 1 heterocycles. The van der Waals surface area contributed by atoms with Gasteiger partial charge in [0.1, 0.15) is 18.2 Å². The van der Waals surface area contributed by atoms with Crippen LogP contribution in [-0.4, -0.2) is 11.1 Å². The lowest BCUT2D eigenvalue weighted by atomic mass is 9.79. The van der Waals surface area contributed by atoms with Crippen molar-refractivity contribution in [1.82, 2.24) is 0 Å². The standard InChI is InChI=1S/C25H20Cl2FNO3/c26-18-5-1-16(2-6-18)15-32-21-11-3-17(4-12-21)24-22(13-14-23(27)30)25(31)29(24)20-9-7-19(28)8-10-20/h1-12,22,24H,13-15H2/t22-,24-/m1/s1. The van der Waals surface area contributed by atoms with Gasteiger partial charge in [0.15, 0.2) is 0 Å². The Balaban J connectivity index is 1.51. The summed E-state index contributed by atoms with van der Waals surface area (Å²) in [6.45, 7) is 0.403. The summed E-state index contributed by atoms with van der Waals surface area (Å²) in [6, 6.07) is 20.5. The van der Waals surface area contributed by atoms with Crippen LogP contribution in [0.3, 0.4) is 0 Å². The second-order valence-electron chi connectivity index (χ2n) is 7.61. The molecule has 0 unspecified atom stereocenters. The average molecular weight is 472 g/mol. The molecule has 0 N–H and O–H groups in total. The van der Waals surface area contributed by atoms with Gasteiger partial charge in [0, 0.05) is 17.1 Å². The first-order valence-electron chi connectivity index (χ1n) is 10.2. The zero-order valence-electron chi connectivity index (χ0n) is 17.0. The van der Waals surface area contributed by atoms with Crippen LogP contribution in [0, 0.1) is 11.7 Å². The first kappa shape index (κ1) is 22.3. The molecule has 32 heavy (non-hydrogen) atoms. The molecular weight excluding hydrogens is 452 g/mol. The van der Waals surface area contributed by atoms with Gasteiger partial charge in [-0.1, -0.05) is 35.9 Å². The molecule has 4 rings (SSSR count). The van der Waals surface area contributed by atoms with Crippen LogP contribution in [0.4, 0.5) is 10.1 Å². The molecule has 0 radical (unpaired) electrons. The van der Waals surface area contributed by atoms with Crippen LogP contribution in [0.15, 0.2) is 72.8 Å². The Morgan fingerprint density at radius 1 is 0.969 bits per heavy atom. The summed E-state index contributed by atoms with van der Waals surface area (Å²) >= 11 is 11.4. The van der Waals surface area contributed by atoms with E-state index >= 15 is 0 Å². The Hall–Kier alpha value is -2.89. The monoisotopic (exact) mass is 471 g/mol. The van der Waals surface area contributed by atoms with Crippen LogP contribution in [0.2, 0.25) is 5.02 Å². The van der Waals surface area contributed by atoms with Crippen molar-refractivity contribution in [2.75, 3.05) is 4.90 Å². The van der Waals surface area contributed by atoms with Gasteiger partial charge in [0.05, 0.1) is 12.0 Å². The Bertz CT molecular complexity index is 1100. The van der Waals surface area contributed by atoms with E-state index in [2.05, 4.69) is 0 Å². The van der Waals surface area contributed by atoms with Crippen LogP contribution < -0.4 is 9.64 Å². The molecule has 1 amide bonds. The third-order valence-electron chi connectivity index (χ3n) is 5.51. The number of amides is 1. The lowest BCUT2D eigenvalue weighted by Crippen LogP contribution is -2.55. The van der Waals surface area contributed by atoms with E-state index in [4.69, 9.17) is 27.9 Å². The van der Waals surface area contributed by atoms with Crippen LogP contribution >= 0.6 is 23.2 Å². The van der Waals surface area contributed by atoms with Crippen molar-refractivity contribution in [2.24, 2.45) is 5.92 Å². The maximum Gasteiger partial charge on any atom is 0.233 e. The van der Waals surface area contributed by atoms with Gasteiger partial charge in [0.25, 0.3) is 0 Å². The Labute approximate surface area is 195 Å². The van der Waals surface area contributed by atoms with Crippen molar-refractivity contribution < 1.29 is 18.7 Å². The number of anilines is 1. The number of hydrogen-bond donors (Lipinski definition) is 0. The number of hydrogen-bond acceptors (Lipinski definition) is 3. The molecule has 0 aliphatic carbocycles. The largest absolute Gasteiger partial charge is 0.489 e. The van der Waals surface area contributed by atoms with Crippen molar-refractivity contribution in [1.29, 1.82) is 0 Å². The SMILES string of the molecule is O=C(Cl)CC[C@H]1C(=O)N(c2ccc(F)cc2)[C@@H]1c1ccc(OCc2ccc(Cl)cc2)cc1. The van der Waals surface area contributed by atoms with E-state index in [1.165, 1.54) is 12.1 Å². The number of benzene rings is 3. The molecular formula is C25H20Cl2FNO3. The quantitative estimate of drug-likeness (QED) is 0.285. The fraction of sp³-hybridized carbons (Fsp3) is 0.200. The number of carbonyl (C=O) groups is 2. The van der Waals surface area contributed by atoms with Crippen molar-refractivity contribution >= 4 is 40.0 Å². The van der Waals surface area contributed by atoms with Gasteiger partial charge in [0.2, 0.25) is 11.1 Å². The van der Waals surface area contributed by atoms with Gasteiger partial charge in [-0.2, -0.15) is 0 Å². The topological polar surface area (TPSA) is 46.6 Å². The van der Waals surface area contributed by atoms with Crippen LogP contribution in [0.1, 0.15) is 30.0 Å². The average Bonchev–Trinajstić information content (AvgIpc) is 2.78. The molecule has 164 valence electrons. The zero-order valence-corrected chi connectivity index (χ0v) is 18.5. The fourth-order valence-electron chi connectivity index (χ4n) is 3.88. The molecule has 3 aromatic rings. The molecule has 4 nitrogen and oxygen atoms in total. The highest BCUT2D eigenvalue weighted by atomic mass is 35.5. The predicted molar refractivity (Wildman–Crippen MR) is 122 cm³/mol. The molecule has 7 heteroatoms. The predicted octanol–water partition coefficient (Wildman–Crippen LogP) is 6.31. The first-order chi connectivity index (χ1) is 15.4. The van der Waals surface area contributed by atoms with Crippen molar-refractivity contribution in [2.45, 2.75) is 25.5 Å². The summed E-state index contributed by atoms with van der Waals surface area (Å²) in [5.41, 5.74) is 2.51. The number of β-lactam (4-membered cyclic amide) rings is 1. The molecule has 1 aliphatic heterocycles. The molecule has 2 atom stereocenters. The molecule has 3 aromatic carbocycles. The van der Waals surface area contributed by atoms with E-state index in [1.54, 1.807) is 17.0 Å². The summed E-state index contributed by atoms with van der Waals surface area (Å²) in [7, 11) is 0. The Morgan fingerprint density at radius 3 is 2.25 bits per heavy atom. The van der Waals surface area contributed by atoms with E-state index < -0.39 is 5.24 Å². The minimum absolute atomic E-state index is 0.109. The van der Waals surface area contributed by atoms with Crippen LogP contribution in [-0.2, 0) is 16.2 Å². The van der Waals surface area contributed by atoms with Gasteiger partial charge >= 0.3 is 0 Å². The third-order valence-corrected chi connectivity index (χ3v) is 5.95. The van der Waals surface area contributed by atoms with E-state index in [-0.39, 0.29) is 30.1 Å². The van der Waals surface area contributed by atoms with Crippen LogP contribution in [0.5, 0.6) is 5.75 Å². The minimum atomic E-state index is -0.470. The second kappa shape index (κ2) is 9.72. The number of carbonyl (C=O) groups excluding carboxylic acids is 2. The molecule has 0 spiro atoms. The molecule has 1 saturated heterocycles. The highest BCUT2D eigenvalue weighted by Crippen LogP contribution is 2.45. The minimum Gasteiger partial charge on any atom is -0.489 e. The molecule has 0 aromatic heterocycles. The highest BCUT2D eigenvalue weighted by molar-refractivity contribution is 6.63. The summed E-state index contributed by atoms with van der Waals surface area (Å²) in [5, 5.41) is 0.201. The lowest BCUT2D eigenvalue weighted by molar-refractivity contribution is -0.131. The van der Waals surface area contributed by atoms with Gasteiger partial charge < -0.3 is 9.64 Å². The molecule has 1 aliphatic rings. The van der Waals surface area contributed by atoms with E-state index in [0.29, 0.717) is 29.5 Å². The normalized spacial score (nSPS) is 17.7. The molecule has 0 saturated carbocycles. The van der Waals surface area contributed by atoms with E-state index in [9.17, 15) is 14.0 Å². The lowest BCUT2D eigenvalue weighted by Gasteiger charge is -2.47. The number of ether oxygens (including phenoxy) is 1. The fourth-order valence-corrected chi connectivity index (χ4v) is 4.11. The maximum absolute atomic E-state index is 13.4. The Kier molecular flexibility index (Phi) is 6.77. The summed E-state index contributed by atoms with van der Waals surface area (Å²) in [6.07, 6.45) is 0.479. The summed E-state index contributed by atoms with van der Waals surface area (Å²) in [4.78, 5) is 25.7. The van der Waals surface area contributed by atoms with Crippen LogP contribution in [0.25, 0.3) is 0 Å². The van der Waals surface area contributed by atoms with Crippen molar-refractivity contribution in [3.8, 4) is 5.75 Å². The van der Waals surface area contributed by atoms with Gasteiger partial charge in [-0.25, -0.2) is 4.39 Å². The number of halogens is 3. The number of rotatable bonds is 8. The second-order valence-corrected chi connectivity index (χ2v) is 8.47. The highest BCUT2D eigenvalue weighted by Gasteiger charge is 2.48. The van der Waals surface area contributed by atoms with E-state index in [1.807, 2.05) is 48.5 Å². The molecule has 0 bridgehead atoms. The maximum atomic E-state index is 13.4. The summed E-state index contributed by atoms with van der Waals surface area (Å²) in [5.74, 6) is -0.161. The van der Waals surface area contributed by atoms with Gasteiger partial charge in [-0.05, 0) is 77.7 Å². The van der Waals surface area contributed by atoms with Crippen molar-refractivity contribution in [3.05, 3.63) is 94.8 Å². The van der Waals surface area contributed by atoms with Crippen molar-refractivity contribution in [3.63, 3.8) is 0 Å². The Morgan fingerprint density at radius 2 is 1.62 bits per heavy atom. The third kappa shape index (κ3) is 4.95. The van der Waals surface area contributed by atoms with Gasteiger partial charge in [-0.3, -0.25) is 9.59 Å². The zero-order chi connectivity index (χ0) is 22.7. The molecule has 1 fully saturated rings. The van der Waals surface area contributed by atoms with Gasteiger partial charge in [-0.15, -0.1) is 0 Å². The van der Waals surface area contributed by atoms with E-state index in [0.717, 1.165) is 11.1 Å². The summed E-state index contributed by atoms with van der Waals surface area (Å²) < 4.78 is 19.2. The first-order valence-corrected chi connectivity index (χ1v) is 10.9. The number of nitrogens with zero attached hydrogens (tertiary/aromatic N) is 1.